The molecule has 1 aromatic carbocycles. The van der Waals surface area contributed by atoms with Crippen molar-refractivity contribution in [3.63, 3.8) is 0 Å². The van der Waals surface area contributed by atoms with Crippen LogP contribution in [0.5, 0.6) is 0 Å². The lowest BCUT2D eigenvalue weighted by Crippen LogP contribution is -2.24. The molecule has 1 atom stereocenters. The number of nitrogens with one attached hydrogen (secondary N) is 1. The van der Waals surface area contributed by atoms with Gasteiger partial charge in [-0.3, -0.25) is 4.79 Å². The van der Waals surface area contributed by atoms with Crippen LogP contribution in [0.1, 0.15) is 45.4 Å². The number of hydrogen-bond donors (Lipinski definition) is 2. The van der Waals surface area contributed by atoms with Crippen molar-refractivity contribution in [3.8, 4) is 0 Å². The third-order valence-electron chi connectivity index (χ3n) is 3.93. The first-order valence-electron chi connectivity index (χ1n) is 8.05. The fourth-order valence-corrected chi connectivity index (χ4v) is 2.69. The van der Waals surface area contributed by atoms with Crippen molar-refractivity contribution in [1.29, 1.82) is 0 Å². The molecular weight excluding hydrogens is 333 g/mol. The first-order valence-corrected chi connectivity index (χ1v) is 8.05. The highest BCUT2D eigenvalue weighted by Gasteiger charge is 2.11. The Labute approximate surface area is 152 Å². The first-order chi connectivity index (χ1) is 10.1. The fourth-order valence-electron chi connectivity index (χ4n) is 2.69. The van der Waals surface area contributed by atoms with Crippen molar-refractivity contribution in [1.82, 2.24) is 0 Å². The van der Waals surface area contributed by atoms with Gasteiger partial charge in [0.1, 0.15) is 0 Å². The van der Waals surface area contributed by atoms with Crippen molar-refractivity contribution in [2.75, 3.05) is 23.3 Å². The molecule has 1 aliphatic rings. The molecule has 0 spiro atoms. The number of halogens is 2. The summed E-state index contributed by atoms with van der Waals surface area (Å²) in [6.07, 6.45) is 6.35. The average Bonchev–Trinajstić information content (AvgIpc) is 2.74. The molecule has 1 fully saturated rings. The van der Waals surface area contributed by atoms with Crippen LogP contribution in [0, 0.1) is 0 Å². The van der Waals surface area contributed by atoms with Gasteiger partial charge in [0.05, 0.1) is 0 Å². The summed E-state index contributed by atoms with van der Waals surface area (Å²) in [5.74, 6) is 0.0420. The lowest BCUT2D eigenvalue weighted by molar-refractivity contribution is -0.116. The summed E-state index contributed by atoms with van der Waals surface area (Å²) < 4.78 is 0. The molecule has 1 saturated heterocycles. The molecule has 1 heterocycles. The smallest absolute Gasteiger partial charge is 0.224 e. The highest BCUT2D eigenvalue weighted by Crippen LogP contribution is 2.22. The van der Waals surface area contributed by atoms with Gasteiger partial charge in [0.2, 0.25) is 5.91 Å². The van der Waals surface area contributed by atoms with Gasteiger partial charge < -0.3 is 16.0 Å². The van der Waals surface area contributed by atoms with E-state index < -0.39 is 0 Å². The predicted molar refractivity (Wildman–Crippen MR) is 103 cm³/mol. The molecule has 3 N–H and O–H groups in total. The van der Waals surface area contributed by atoms with Crippen LogP contribution in [0.4, 0.5) is 11.4 Å². The van der Waals surface area contributed by atoms with Crippen LogP contribution in [0.15, 0.2) is 24.3 Å². The Morgan fingerprint density at radius 3 is 2.48 bits per heavy atom. The second kappa shape index (κ2) is 11.5. The molecule has 0 saturated carbocycles. The van der Waals surface area contributed by atoms with Crippen LogP contribution >= 0.6 is 24.8 Å². The van der Waals surface area contributed by atoms with E-state index in [0.717, 1.165) is 25.2 Å². The van der Waals surface area contributed by atoms with Crippen LogP contribution < -0.4 is 16.0 Å². The molecule has 1 unspecified atom stereocenters. The highest BCUT2D eigenvalue weighted by atomic mass is 35.5. The standard InChI is InChI=1S/C17H27N3O.2ClH/c1-14(18)9-10-17(21)19-15-7-6-8-16(13-15)20-11-4-2-3-5-12-20;;/h6-8,13-14H,2-5,9-12,18H2,1H3,(H,19,21);2*1H. The number of nitrogens with two attached hydrogens (primary N) is 1. The largest absolute Gasteiger partial charge is 0.371 e. The third-order valence-corrected chi connectivity index (χ3v) is 3.93. The number of hydrogen-bond acceptors (Lipinski definition) is 3. The second-order valence-electron chi connectivity index (χ2n) is 6.02. The van der Waals surface area contributed by atoms with Gasteiger partial charge in [0, 0.05) is 36.9 Å². The molecule has 0 aromatic heterocycles. The van der Waals surface area contributed by atoms with Crippen molar-refractivity contribution < 1.29 is 4.79 Å². The molecular formula is C17H29Cl2N3O. The number of nitrogens with zero attached hydrogens (tertiary/aromatic N) is 1. The van der Waals surface area contributed by atoms with Crippen LogP contribution in [0.3, 0.4) is 0 Å². The van der Waals surface area contributed by atoms with Crippen LogP contribution in [0.2, 0.25) is 0 Å². The Bertz CT molecular complexity index is 461. The van der Waals surface area contributed by atoms with Gasteiger partial charge in [-0.15, -0.1) is 24.8 Å². The van der Waals surface area contributed by atoms with E-state index in [9.17, 15) is 4.79 Å². The quantitative estimate of drug-likeness (QED) is 0.833. The molecule has 0 radical (unpaired) electrons. The Hall–Kier alpha value is -0.970. The van der Waals surface area contributed by atoms with Gasteiger partial charge in [0.15, 0.2) is 0 Å². The number of benzene rings is 1. The summed E-state index contributed by atoms with van der Waals surface area (Å²) in [6.45, 7) is 4.15. The molecule has 4 nitrogen and oxygen atoms in total. The summed E-state index contributed by atoms with van der Waals surface area (Å²) in [5, 5.41) is 2.97. The normalized spacial score (nSPS) is 15.7. The number of rotatable bonds is 5. The summed E-state index contributed by atoms with van der Waals surface area (Å²) in [7, 11) is 0. The lowest BCUT2D eigenvalue weighted by atomic mass is 10.2. The zero-order valence-corrected chi connectivity index (χ0v) is 15.4. The van der Waals surface area contributed by atoms with Crippen molar-refractivity contribution in [2.45, 2.75) is 51.5 Å². The minimum absolute atomic E-state index is 0. The lowest BCUT2D eigenvalue weighted by Gasteiger charge is -2.23. The van der Waals surface area contributed by atoms with Crippen LogP contribution in [-0.4, -0.2) is 25.0 Å². The minimum atomic E-state index is 0. The number of anilines is 2. The highest BCUT2D eigenvalue weighted by molar-refractivity contribution is 5.91. The van der Waals surface area contributed by atoms with Gasteiger partial charge in [-0.25, -0.2) is 0 Å². The molecule has 1 amide bonds. The third kappa shape index (κ3) is 7.91. The van der Waals surface area contributed by atoms with Gasteiger partial charge in [0.25, 0.3) is 0 Å². The number of carbonyl (C=O) groups excluding carboxylic acids is 1. The van der Waals surface area contributed by atoms with E-state index in [2.05, 4.69) is 22.3 Å². The zero-order valence-electron chi connectivity index (χ0n) is 13.8. The van der Waals surface area contributed by atoms with Crippen molar-refractivity contribution >= 4 is 42.1 Å². The van der Waals surface area contributed by atoms with E-state index in [1.165, 1.54) is 31.4 Å². The monoisotopic (exact) mass is 361 g/mol. The Kier molecular flexibility index (Phi) is 11.1. The summed E-state index contributed by atoms with van der Waals surface area (Å²) in [5.41, 5.74) is 7.77. The first kappa shape index (κ1) is 22.0. The van der Waals surface area contributed by atoms with Gasteiger partial charge in [-0.2, -0.15) is 0 Å². The summed E-state index contributed by atoms with van der Waals surface area (Å²) in [6, 6.07) is 8.24. The van der Waals surface area contributed by atoms with Gasteiger partial charge in [-0.1, -0.05) is 18.9 Å². The predicted octanol–water partition coefficient (Wildman–Crippen LogP) is 3.98. The van der Waals surface area contributed by atoms with Crippen LogP contribution in [0.25, 0.3) is 0 Å². The number of amides is 1. The summed E-state index contributed by atoms with van der Waals surface area (Å²) >= 11 is 0. The van der Waals surface area contributed by atoms with Crippen LogP contribution in [-0.2, 0) is 4.79 Å². The maximum Gasteiger partial charge on any atom is 0.224 e. The topological polar surface area (TPSA) is 58.4 Å². The molecule has 1 aliphatic heterocycles. The van der Waals surface area contributed by atoms with E-state index in [0.29, 0.717) is 6.42 Å². The van der Waals surface area contributed by atoms with E-state index >= 15 is 0 Å². The molecule has 6 heteroatoms. The maximum atomic E-state index is 11.9. The minimum Gasteiger partial charge on any atom is -0.371 e. The SMILES string of the molecule is CC(N)CCC(=O)Nc1cccc(N2CCCCCC2)c1.Cl.Cl. The van der Waals surface area contributed by atoms with E-state index in [-0.39, 0.29) is 36.8 Å². The van der Waals surface area contributed by atoms with Gasteiger partial charge >= 0.3 is 0 Å². The van der Waals surface area contributed by atoms with E-state index in [4.69, 9.17) is 5.73 Å². The van der Waals surface area contributed by atoms with E-state index in [1.807, 2.05) is 19.1 Å². The second-order valence-corrected chi connectivity index (χ2v) is 6.02. The summed E-state index contributed by atoms with van der Waals surface area (Å²) in [4.78, 5) is 14.3. The Morgan fingerprint density at radius 2 is 1.87 bits per heavy atom. The van der Waals surface area contributed by atoms with E-state index in [1.54, 1.807) is 0 Å². The molecule has 1 aromatic rings. The fraction of sp³-hybridized carbons (Fsp3) is 0.588. The Morgan fingerprint density at radius 1 is 1.22 bits per heavy atom. The zero-order chi connectivity index (χ0) is 15.1. The average molecular weight is 362 g/mol. The maximum absolute atomic E-state index is 11.9. The van der Waals surface area contributed by atoms with Crippen molar-refractivity contribution in [3.05, 3.63) is 24.3 Å². The Balaban J connectivity index is 0.00000242. The van der Waals surface area contributed by atoms with Crippen molar-refractivity contribution in [2.24, 2.45) is 5.73 Å². The molecule has 23 heavy (non-hydrogen) atoms. The molecule has 2 rings (SSSR count). The molecule has 0 bridgehead atoms. The number of carbonyl (C=O) groups is 1. The molecule has 0 aliphatic carbocycles. The van der Waals surface area contributed by atoms with Gasteiger partial charge in [-0.05, 0) is 44.4 Å². The molecule has 132 valence electrons.